The first kappa shape index (κ1) is 13.0. The Hall–Kier alpha value is -1.08. The lowest BCUT2D eigenvalue weighted by atomic mass is 10.2. The van der Waals surface area contributed by atoms with Crippen molar-refractivity contribution in [3.8, 4) is 0 Å². The molecule has 0 amide bonds. The molecule has 5 nitrogen and oxygen atoms in total. The van der Waals surface area contributed by atoms with Crippen LogP contribution in [0.5, 0.6) is 0 Å². The number of aliphatic carboxylic acids is 1. The zero-order valence-electron chi connectivity index (χ0n) is 8.40. The number of carboxylic acids is 1. The zero-order valence-corrected chi connectivity index (χ0v) is 10.8. The van der Waals surface area contributed by atoms with Gasteiger partial charge in [-0.2, -0.15) is 0 Å². The minimum Gasteiger partial charge on any atom is -0.480 e. The maximum Gasteiger partial charge on any atom is 0.320 e. The molecule has 0 unspecified atom stereocenters. The van der Waals surface area contributed by atoms with E-state index >= 15 is 0 Å². The quantitative estimate of drug-likeness (QED) is 0.884. The van der Waals surface area contributed by atoms with Crippen LogP contribution >= 0.6 is 15.9 Å². The van der Waals surface area contributed by atoms with Crippen molar-refractivity contribution in [2.24, 2.45) is 0 Å². The molecule has 1 aromatic carbocycles. The first-order chi connectivity index (χ1) is 7.30. The molecule has 0 aromatic heterocycles. The summed E-state index contributed by atoms with van der Waals surface area (Å²) >= 11 is 3.20. The van der Waals surface area contributed by atoms with Crippen molar-refractivity contribution in [1.82, 2.24) is 0 Å². The van der Waals surface area contributed by atoms with Crippen LogP contribution in [0, 0.1) is 6.92 Å². The SMILES string of the molecule is Cc1ccc(Br)cc1NS(=O)(=O)CC(=O)O. The number of halogens is 1. The maximum absolute atomic E-state index is 11.4. The van der Waals surface area contributed by atoms with Crippen LogP contribution < -0.4 is 4.72 Å². The molecule has 0 aliphatic heterocycles. The lowest BCUT2D eigenvalue weighted by Crippen LogP contribution is -2.22. The molecule has 0 heterocycles. The number of hydrogen-bond donors (Lipinski definition) is 2. The van der Waals surface area contributed by atoms with Crippen molar-refractivity contribution in [3.63, 3.8) is 0 Å². The standard InChI is InChI=1S/C9H10BrNO4S/c1-6-2-3-7(10)4-8(6)11-16(14,15)5-9(12)13/h2-4,11H,5H2,1H3,(H,12,13). The fourth-order valence-electron chi connectivity index (χ4n) is 1.07. The van der Waals surface area contributed by atoms with Crippen LogP contribution in [0.2, 0.25) is 0 Å². The van der Waals surface area contributed by atoms with Gasteiger partial charge in [-0.1, -0.05) is 22.0 Å². The number of benzene rings is 1. The van der Waals surface area contributed by atoms with Crippen LogP contribution in [0.3, 0.4) is 0 Å². The minimum absolute atomic E-state index is 0.371. The van der Waals surface area contributed by atoms with Gasteiger partial charge in [0.25, 0.3) is 0 Å². The van der Waals surface area contributed by atoms with E-state index in [0.717, 1.165) is 5.56 Å². The highest BCUT2D eigenvalue weighted by Gasteiger charge is 2.16. The number of carbonyl (C=O) groups is 1. The molecule has 0 aliphatic rings. The van der Waals surface area contributed by atoms with Crippen molar-refractivity contribution in [3.05, 3.63) is 28.2 Å². The summed E-state index contributed by atoms with van der Waals surface area (Å²) in [6.45, 7) is 1.73. The monoisotopic (exact) mass is 307 g/mol. The first-order valence-electron chi connectivity index (χ1n) is 4.28. The van der Waals surface area contributed by atoms with Gasteiger partial charge >= 0.3 is 5.97 Å². The van der Waals surface area contributed by atoms with E-state index in [1.165, 1.54) is 0 Å². The molecule has 0 radical (unpaired) electrons. The van der Waals surface area contributed by atoms with Crippen LogP contribution in [0.15, 0.2) is 22.7 Å². The summed E-state index contributed by atoms with van der Waals surface area (Å²) < 4.78 is 25.7. The van der Waals surface area contributed by atoms with Crippen LogP contribution in [-0.4, -0.2) is 25.2 Å². The highest BCUT2D eigenvalue weighted by Crippen LogP contribution is 2.21. The third kappa shape index (κ3) is 3.82. The molecule has 1 rings (SSSR count). The average Bonchev–Trinajstić information content (AvgIpc) is 2.08. The zero-order chi connectivity index (χ0) is 12.3. The summed E-state index contributed by atoms with van der Waals surface area (Å²) in [5.74, 6) is -2.33. The Morgan fingerprint density at radius 2 is 2.12 bits per heavy atom. The number of aryl methyl sites for hydroxylation is 1. The Morgan fingerprint density at radius 1 is 1.50 bits per heavy atom. The molecule has 7 heteroatoms. The Balaban J connectivity index is 2.96. The Labute approximate surface area is 102 Å². The highest BCUT2D eigenvalue weighted by atomic mass is 79.9. The third-order valence-electron chi connectivity index (χ3n) is 1.78. The van der Waals surface area contributed by atoms with Gasteiger partial charge in [0.05, 0.1) is 5.69 Å². The largest absolute Gasteiger partial charge is 0.480 e. The maximum atomic E-state index is 11.4. The van der Waals surface area contributed by atoms with Gasteiger partial charge in [-0.15, -0.1) is 0 Å². The fraction of sp³-hybridized carbons (Fsp3) is 0.222. The van der Waals surface area contributed by atoms with Gasteiger partial charge in [0.2, 0.25) is 10.0 Å². The van der Waals surface area contributed by atoms with Crippen LogP contribution in [0.4, 0.5) is 5.69 Å². The predicted molar refractivity (Wildman–Crippen MR) is 63.9 cm³/mol. The minimum atomic E-state index is -3.84. The molecule has 0 fully saturated rings. The van der Waals surface area contributed by atoms with E-state index in [1.54, 1.807) is 25.1 Å². The second kappa shape index (κ2) is 4.84. The number of rotatable bonds is 4. The second-order valence-electron chi connectivity index (χ2n) is 3.21. The van der Waals surface area contributed by atoms with E-state index in [4.69, 9.17) is 5.11 Å². The summed E-state index contributed by atoms with van der Waals surface area (Å²) in [6.07, 6.45) is 0. The summed E-state index contributed by atoms with van der Waals surface area (Å²) in [7, 11) is -3.84. The Kier molecular flexibility index (Phi) is 3.93. The Bertz CT molecular complexity index is 512. The van der Waals surface area contributed by atoms with Gasteiger partial charge in [-0.3, -0.25) is 9.52 Å². The number of nitrogens with one attached hydrogen (secondary N) is 1. The van der Waals surface area contributed by atoms with E-state index in [9.17, 15) is 13.2 Å². The van der Waals surface area contributed by atoms with Gasteiger partial charge in [0.15, 0.2) is 5.75 Å². The Morgan fingerprint density at radius 3 is 2.69 bits per heavy atom. The highest BCUT2D eigenvalue weighted by molar-refractivity contribution is 9.10. The molecule has 16 heavy (non-hydrogen) atoms. The summed E-state index contributed by atoms with van der Waals surface area (Å²) in [4.78, 5) is 10.3. The molecule has 88 valence electrons. The molecule has 0 bridgehead atoms. The molecule has 1 aromatic rings. The van der Waals surface area contributed by atoms with Crippen molar-refractivity contribution in [2.75, 3.05) is 10.5 Å². The van der Waals surface area contributed by atoms with Gasteiger partial charge < -0.3 is 5.11 Å². The summed E-state index contributed by atoms with van der Waals surface area (Å²) in [5, 5.41) is 8.42. The molecular weight excluding hydrogens is 298 g/mol. The van der Waals surface area contributed by atoms with Gasteiger partial charge in [-0.05, 0) is 24.6 Å². The molecule has 0 aliphatic carbocycles. The topological polar surface area (TPSA) is 83.5 Å². The molecule has 0 atom stereocenters. The molecule has 0 saturated heterocycles. The lowest BCUT2D eigenvalue weighted by Gasteiger charge is -2.09. The smallest absolute Gasteiger partial charge is 0.320 e. The molecule has 2 N–H and O–H groups in total. The van der Waals surface area contributed by atoms with Crippen LogP contribution in [-0.2, 0) is 14.8 Å². The van der Waals surface area contributed by atoms with E-state index in [2.05, 4.69) is 20.7 Å². The summed E-state index contributed by atoms with van der Waals surface area (Å²) in [5.41, 5.74) is 1.09. The third-order valence-corrected chi connectivity index (χ3v) is 3.43. The van der Waals surface area contributed by atoms with E-state index in [0.29, 0.717) is 10.2 Å². The first-order valence-corrected chi connectivity index (χ1v) is 6.73. The van der Waals surface area contributed by atoms with Crippen molar-refractivity contribution >= 4 is 37.6 Å². The van der Waals surface area contributed by atoms with Gasteiger partial charge in [-0.25, -0.2) is 8.42 Å². The van der Waals surface area contributed by atoms with E-state index < -0.39 is 21.7 Å². The number of carboxylic acid groups (broad SMARTS) is 1. The van der Waals surface area contributed by atoms with Crippen molar-refractivity contribution in [2.45, 2.75) is 6.92 Å². The second-order valence-corrected chi connectivity index (χ2v) is 5.85. The van der Waals surface area contributed by atoms with Crippen LogP contribution in [0.25, 0.3) is 0 Å². The van der Waals surface area contributed by atoms with Crippen LogP contribution in [0.1, 0.15) is 5.56 Å². The fourth-order valence-corrected chi connectivity index (χ4v) is 2.38. The molecule has 0 spiro atoms. The van der Waals surface area contributed by atoms with E-state index in [-0.39, 0.29) is 0 Å². The normalized spacial score (nSPS) is 11.1. The predicted octanol–water partition coefficient (Wildman–Crippen LogP) is 1.58. The van der Waals surface area contributed by atoms with Gasteiger partial charge in [0, 0.05) is 4.47 Å². The number of anilines is 1. The number of hydrogen-bond acceptors (Lipinski definition) is 3. The van der Waals surface area contributed by atoms with Crippen molar-refractivity contribution in [1.29, 1.82) is 0 Å². The molecular formula is C9H10BrNO4S. The van der Waals surface area contributed by atoms with Gasteiger partial charge in [0.1, 0.15) is 0 Å². The average molecular weight is 308 g/mol. The number of sulfonamides is 1. The molecule has 0 saturated carbocycles. The van der Waals surface area contributed by atoms with Crippen molar-refractivity contribution < 1.29 is 18.3 Å². The summed E-state index contributed by atoms with van der Waals surface area (Å²) in [6, 6.07) is 5.07. The lowest BCUT2D eigenvalue weighted by molar-refractivity contribution is -0.134. The van der Waals surface area contributed by atoms with E-state index in [1.807, 2.05) is 0 Å².